The van der Waals surface area contributed by atoms with Gasteiger partial charge in [-0.1, -0.05) is 41.9 Å². The first-order valence-corrected chi connectivity index (χ1v) is 13.4. The molecular formula is C31H27ClN4O3. The first kappa shape index (κ1) is 24.9. The highest BCUT2D eigenvalue weighted by molar-refractivity contribution is 6.33. The zero-order chi connectivity index (χ0) is 27.1. The van der Waals surface area contributed by atoms with Crippen LogP contribution in [0.4, 0.5) is 5.69 Å². The summed E-state index contributed by atoms with van der Waals surface area (Å²) in [5.41, 5.74) is 8.13. The van der Waals surface area contributed by atoms with E-state index in [0.717, 1.165) is 34.8 Å². The number of carbonyl (C=O) groups excluding carboxylic acids is 2. The van der Waals surface area contributed by atoms with Gasteiger partial charge in [0.1, 0.15) is 5.76 Å². The molecule has 0 unspecified atom stereocenters. The molecule has 196 valence electrons. The van der Waals surface area contributed by atoms with Gasteiger partial charge in [-0.3, -0.25) is 9.59 Å². The second-order valence-corrected chi connectivity index (χ2v) is 10.0. The number of aromatic nitrogens is 1. The number of aryl methyl sites for hydroxylation is 2. The van der Waals surface area contributed by atoms with E-state index in [4.69, 9.17) is 16.0 Å². The highest BCUT2D eigenvalue weighted by atomic mass is 35.5. The Kier molecular flexibility index (Phi) is 6.45. The summed E-state index contributed by atoms with van der Waals surface area (Å²) in [5.74, 6) is 0.248. The van der Waals surface area contributed by atoms with E-state index in [2.05, 4.69) is 39.5 Å². The van der Waals surface area contributed by atoms with E-state index in [1.54, 1.807) is 24.3 Å². The number of nitrogens with one attached hydrogen (secondary N) is 2. The molecule has 0 saturated heterocycles. The Bertz CT molecular complexity index is 1800. The van der Waals surface area contributed by atoms with Crippen molar-refractivity contribution in [1.29, 1.82) is 0 Å². The molecule has 6 rings (SSSR count). The Morgan fingerprint density at radius 2 is 1.74 bits per heavy atom. The van der Waals surface area contributed by atoms with Crippen molar-refractivity contribution < 1.29 is 14.0 Å². The molecule has 8 heteroatoms. The van der Waals surface area contributed by atoms with Crippen molar-refractivity contribution >= 4 is 56.6 Å². The standard InChI is InChI=1S/C31H27ClN4O3/c1-3-36-25-13-7-5-9-20(25)22-17-19(15-16-26(22)36)33-31(38)29-18(2)28-24(12-8-14-27(28)39-29)34-35-30(37)21-10-4-6-11-23(21)32/h4-7,9-11,13,15-17H,3,8,12,14H2,1-2H3,(H,33,38)(H,35,37)/b34-24+. The maximum atomic E-state index is 13.4. The van der Waals surface area contributed by atoms with Gasteiger partial charge in [-0.05, 0) is 63.1 Å². The maximum absolute atomic E-state index is 13.4. The molecule has 1 aliphatic carbocycles. The third-order valence-corrected chi connectivity index (χ3v) is 7.62. The number of hydrogen-bond donors (Lipinski definition) is 2. The number of benzene rings is 3. The number of nitrogens with zero attached hydrogens (tertiary/aromatic N) is 2. The quantitative estimate of drug-likeness (QED) is 0.234. The fourth-order valence-corrected chi connectivity index (χ4v) is 5.70. The van der Waals surface area contributed by atoms with Crippen molar-refractivity contribution in [2.75, 3.05) is 5.32 Å². The van der Waals surface area contributed by atoms with Crippen LogP contribution in [-0.4, -0.2) is 22.1 Å². The molecule has 0 atom stereocenters. The SMILES string of the molecule is CCn1c2ccccc2c2cc(NC(=O)c3oc4c(c3C)/C(=N/NC(=O)c3ccccc3Cl)CCC4)ccc21. The number of hydrogen-bond acceptors (Lipinski definition) is 4. The van der Waals surface area contributed by atoms with Gasteiger partial charge >= 0.3 is 0 Å². The van der Waals surface area contributed by atoms with Gasteiger partial charge in [-0.2, -0.15) is 5.10 Å². The summed E-state index contributed by atoms with van der Waals surface area (Å²) in [5, 5.41) is 10.0. The number of carbonyl (C=O) groups is 2. The Morgan fingerprint density at radius 3 is 2.56 bits per heavy atom. The van der Waals surface area contributed by atoms with Crippen LogP contribution in [0.25, 0.3) is 21.8 Å². The number of fused-ring (bicyclic) bond motifs is 4. The normalized spacial score (nSPS) is 14.1. The van der Waals surface area contributed by atoms with E-state index in [1.807, 2.05) is 37.3 Å². The summed E-state index contributed by atoms with van der Waals surface area (Å²) in [6, 6.07) is 21.1. The number of anilines is 1. The Labute approximate surface area is 230 Å². The molecule has 0 saturated carbocycles. The van der Waals surface area contributed by atoms with Crippen molar-refractivity contribution in [3.05, 3.63) is 100.0 Å². The Morgan fingerprint density at radius 1 is 0.974 bits per heavy atom. The molecule has 3 aromatic carbocycles. The number of rotatable bonds is 5. The van der Waals surface area contributed by atoms with Crippen molar-refractivity contribution in [3.8, 4) is 0 Å². The molecule has 0 aliphatic heterocycles. The van der Waals surface area contributed by atoms with Gasteiger partial charge in [0.25, 0.3) is 11.8 Å². The van der Waals surface area contributed by atoms with E-state index in [-0.39, 0.29) is 17.6 Å². The van der Waals surface area contributed by atoms with Crippen molar-refractivity contribution in [2.45, 2.75) is 39.7 Å². The van der Waals surface area contributed by atoms with Crippen LogP contribution in [0, 0.1) is 6.92 Å². The monoisotopic (exact) mass is 538 g/mol. The van der Waals surface area contributed by atoms with Gasteiger partial charge in [0.15, 0.2) is 5.76 Å². The summed E-state index contributed by atoms with van der Waals surface area (Å²) in [6.45, 7) is 4.84. The molecule has 2 heterocycles. The largest absolute Gasteiger partial charge is 0.455 e. The van der Waals surface area contributed by atoms with Gasteiger partial charge in [-0.25, -0.2) is 5.43 Å². The van der Waals surface area contributed by atoms with Gasteiger partial charge in [0.2, 0.25) is 0 Å². The lowest BCUT2D eigenvalue weighted by molar-refractivity contribution is 0.0953. The highest BCUT2D eigenvalue weighted by Gasteiger charge is 2.28. The van der Waals surface area contributed by atoms with Gasteiger partial charge in [-0.15, -0.1) is 0 Å². The number of amides is 2. The molecule has 2 N–H and O–H groups in total. The maximum Gasteiger partial charge on any atom is 0.291 e. The average Bonchev–Trinajstić information content (AvgIpc) is 3.46. The van der Waals surface area contributed by atoms with Gasteiger partial charge < -0.3 is 14.3 Å². The van der Waals surface area contributed by atoms with Crippen LogP contribution in [0.2, 0.25) is 5.02 Å². The fourth-order valence-electron chi connectivity index (χ4n) is 5.48. The number of furan rings is 1. The fraction of sp³-hybridized carbons (Fsp3) is 0.194. The van der Waals surface area contributed by atoms with Crippen LogP contribution >= 0.6 is 11.6 Å². The predicted octanol–water partition coefficient (Wildman–Crippen LogP) is 7.09. The summed E-state index contributed by atoms with van der Waals surface area (Å²) < 4.78 is 8.33. The highest BCUT2D eigenvalue weighted by Crippen LogP contribution is 2.33. The molecule has 0 radical (unpaired) electrons. The van der Waals surface area contributed by atoms with Crippen molar-refractivity contribution in [2.24, 2.45) is 5.10 Å². The molecule has 0 spiro atoms. The zero-order valence-corrected chi connectivity index (χ0v) is 22.4. The molecule has 1 aliphatic rings. The Balaban J connectivity index is 1.28. The first-order valence-electron chi connectivity index (χ1n) is 13.0. The topological polar surface area (TPSA) is 88.6 Å². The van der Waals surface area contributed by atoms with E-state index in [0.29, 0.717) is 46.2 Å². The summed E-state index contributed by atoms with van der Waals surface area (Å²) in [6.07, 6.45) is 2.17. The van der Waals surface area contributed by atoms with E-state index in [9.17, 15) is 9.59 Å². The van der Waals surface area contributed by atoms with E-state index in [1.165, 1.54) is 5.52 Å². The lowest BCUT2D eigenvalue weighted by atomic mass is 9.93. The zero-order valence-electron chi connectivity index (χ0n) is 21.7. The first-order chi connectivity index (χ1) is 19.0. The minimum absolute atomic E-state index is 0.253. The average molecular weight is 539 g/mol. The van der Waals surface area contributed by atoms with E-state index < -0.39 is 0 Å². The minimum atomic E-state index is -0.390. The lowest BCUT2D eigenvalue weighted by Crippen LogP contribution is -2.22. The molecule has 2 amide bonds. The molecule has 39 heavy (non-hydrogen) atoms. The number of hydrazone groups is 1. The molecular weight excluding hydrogens is 512 g/mol. The lowest BCUT2D eigenvalue weighted by Gasteiger charge is -2.13. The molecule has 7 nitrogen and oxygen atoms in total. The van der Waals surface area contributed by atoms with E-state index >= 15 is 0 Å². The van der Waals surface area contributed by atoms with Gasteiger partial charge in [0.05, 0.1) is 16.3 Å². The van der Waals surface area contributed by atoms with Crippen molar-refractivity contribution in [3.63, 3.8) is 0 Å². The summed E-state index contributed by atoms with van der Waals surface area (Å²) in [4.78, 5) is 26.0. The third-order valence-electron chi connectivity index (χ3n) is 7.29. The predicted molar refractivity (Wildman–Crippen MR) is 155 cm³/mol. The minimum Gasteiger partial charge on any atom is -0.455 e. The van der Waals surface area contributed by atoms with Crippen LogP contribution < -0.4 is 10.7 Å². The molecule has 2 aromatic heterocycles. The Hall–Kier alpha value is -4.36. The number of halogens is 1. The molecule has 0 bridgehead atoms. The molecule has 5 aromatic rings. The van der Waals surface area contributed by atoms with Crippen molar-refractivity contribution in [1.82, 2.24) is 9.99 Å². The second-order valence-electron chi connectivity index (χ2n) is 9.63. The molecule has 0 fully saturated rings. The second kappa shape index (κ2) is 10.1. The van der Waals surface area contributed by atoms with Crippen LogP contribution in [-0.2, 0) is 13.0 Å². The van der Waals surface area contributed by atoms with Crippen LogP contribution in [0.3, 0.4) is 0 Å². The summed E-state index contributed by atoms with van der Waals surface area (Å²) in [7, 11) is 0. The smallest absolute Gasteiger partial charge is 0.291 e. The van der Waals surface area contributed by atoms with Crippen LogP contribution in [0.15, 0.2) is 76.2 Å². The third kappa shape index (κ3) is 4.38. The van der Waals surface area contributed by atoms with Gasteiger partial charge in [0, 0.05) is 51.6 Å². The van der Waals surface area contributed by atoms with Crippen LogP contribution in [0.1, 0.15) is 57.6 Å². The van der Waals surface area contributed by atoms with Crippen LogP contribution in [0.5, 0.6) is 0 Å². The number of para-hydroxylation sites is 1. The summed E-state index contributed by atoms with van der Waals surface area (Å²) >= 11 is 6.15.